The molecule has 0 bridgehead atoms. The number of hydrogen-bond acceptors (Lipinski definition) is 1. The zero-order chi connectivity index (χ0) is 11.8. The summed E-state index contributed by atoms with van der Waals surface area (Å²) in [4.78, 5) is 0. The molecule has 2 aliphatic carbocycles. The van der Waals surface area contributed by atoms with E-state index in [-0.39, 0.29) is 5.60 Å². The molecule has 0 aromatic rings. The van der Waals surface area contributed by atoms with Crippen molar-refractivity contribution >= 4 is 8.32 Å². The summed E-state index contributed by atoms with van der Waals surface area (Å²) in [5, 5.41) is 0. The van der Waals surface area contributed by atoms with E-state index in [4.69, 9.17) is 4.43 Å². The Hall–Kier alpha value is -0.343. The van der Waals surface area contributed by atoms with Gasteiger partial charge in [-0.3, -0.25) is 0 Å². The minimum atomic E-state index is -1.46. The fourth-order valence-electron chi connectivity index (χ4n) is 2.86. The number of rotatable bonds is 4. The van der Waals surface area contributed by atoms with Crippen LogP contribution in [-0.4, -0.2) is 13.9 Å². The molecule has 0 aromatic carbocycles. The Bertz CT molecular complexity index is 313. The molecule has 0 spiro atoms. The molecule has 1 nitrogen and oxygen atoms in total. The van der Waals surface area contributed by atoms with Gasteiger partial charge in [0.25, 0.3) is 0 Å². The van der Waals surface area contributed by atoms with E-state index in [0.717, 1.165) is 0 Å². The Morgan fingerprint density at radius 3 is 2.62 bits per heavy atom. The summed E-state index contributed by atoms with van der Waals surface area (Å²) >= 11 is 0. The molecule has 0 saturated heterocycles. The number of hydrogen-bond donors (Lipinski definition) is 0. The molecule has 2 aliphatic rings. The molecule has 90 valence electrons. The monoisotopic (exact) mass is 236 g/mol. The zero-order valence-electron chi connectivity index (χ0n) is 10.9. The summed E-state index contributed by atoms with van der Waals surface area (Å²) in [7, 11) is -1.46. The van der Waals surface area contributed by atoms with Crippen LogP contribution in [0.15, 0.2) is 24.3 Å². The third-order valence-electron chi connectivity index (χ3n) is 3.57. The van der Waals surface area contributed by atoms with Gasteiger partial charge in [-0.25, -0.2) is 0 Å². The third-order valence-corrected chi connectivity index (χ3v) is 4.55. The van der Waals surface area contributed by atoms with Gasteiger partial charge in [0.2, 0.25) is 0 Å². The first-order valence-corrected chi connectivity index (χ1v) is 9.91. The topological polar surface area (TPSA) is 9.23 Å². The van der Waals surface area contributed by atoms with Crippen molar-refractivity contribution in [2.24, 2.45) is 5.92 Å². The summed E-state index contributed by atoms with van der Waals surface area (Å²) in [5.74, 6) is 0.573. The number of allylic oxidation sites excluding steroid dienone is 1. The highest BCUT2D eigenvalue weighted by molar-refractivity contribution is 6.69. The van der Waals surface area contributed by atoms with E-state index >= 15 is 0 Å². The molecule has 0 heterocycles. The van der Waals surface area contributed by atoms with Gasteiger partial charge in [0, 0.05) is 5.92 Å². The van der Waals surface area contributed by atoms with E-state index < -0.39 is 8.32 Å². The van der Waals surface area contributed by atoms with Crippen molar-refractivity contribution in [1.29, 1.82) is 0 Å². The summed E-state index contributed by atoms with van der Waals surface area (Å²) in [6.07, 6.45) is 10.9. The van der Waals surface area contributed by atoms with Gasteiger partial charge in [0.1, 0.15) is 0 Å². The minimum Gasteiger partial charge on any atom is -0.408 e. The third kappa shape index (κ3) is 2.33. The van der Waals surface area contributed by atoms with Gasteiger partial charge >= 0.3 is 0 Å². The molecule has 0 aliphatic heterocycles. The van der Waals surface area contributed by atoms with Gasteiger partial charge in [-0.2, -0.15) is 0 Å². The van der Waals surface area contributed by atoms with E-state index in [1.165, 1.54) is 32.1 Å². The highest BCUT2D eigenvalue weighted by Gasteiger charge is 2.57. The molecule has 1 fully saturated rings. The van der Waals surface area contributed by atoms with Crippen LogP contribution < -0.4 is 0 Å². The highest BCUT2D eigenvalue weighted by atomic mass is 28.4. The predicted molar refractivity (Wildman–Crippen MR) is 72.0 cm³/mol. The lowest BCUT2D eigenvalue weighted by Crippen LogP contribution is -2.36. The fourth-order valence-corrected chi connectivity index (χ4v) is 4.32. The Kier molecular flexibility index (Phi) is 3.15. The van der Waals surface area contributed by atoms with Crippen LogP contribution in [0.25, 0.3) is 0 Å². The predicted octanol–water partition coefficient (Wildman–Crippen LogP) is 4.28. The lowest BCUT2D eigenvalue weighted by molar-refractivity contribution is 0.190. The van der Waals surface area contributed by atoms with Gasteiger partial charge in [0.15, 0.2) is 8.32 Å². The Morgan fingerprint density at radius 2 is 2.19 bits per heavy atom. The molecule has 2 heteroatoms. The van der Waals surface area contributed by atoms with E-state index in [0.29, 0.717) is 5.92 Å². The molecule has 0 amide bonds. The van der Waals surface area contributed by atoms with E-state index in [2.05, 4.69) is 38.4 Å². The van der Waals surface area contributed by atoms with Crippen molar-refractivity contribution in [2.45, 2.75) is 57.3 Å². The van der Waals surface area contributed by atoms with E-state index in [1.807, 2.05) is 0 Å². The fraction of sp³-hybridized carbons (Fsp3) is 0.714. The Morgan fingerprint density at radius 1 is 1.44 bits per heavy atom. The quantitative estimate of drug-likeness (QED) is 0.523. The average Bonchev–Trinajstić information content (AvgIpc) is 2.91. The minimum absolute atomic E-state index is 0.0760. The molecule has 0 aromatic heterocycles. The first-order chi connectivity index (χ1) is 7.48. The highest BCUT2D eigenvalue weighted by Crippen LogP contribution is 2.56. The van der Waals surface area contributed by atoms with Gasteiger partial charge in [0.05, 0.1) is 5.60 Å². The van der Waals surface area contributed by atoms with Gasteiger partial charge in [-0.15, -0.1) is 6.58 Å². The van der Waals surface area contributed by atoms with Crippen LogP contribution in [0.1, 0.15) is 32.1 Å². The summed E-state index contributed by atoms with van der Waals surface area (Å²) in [5.41, 5.74) is 1.65. The Labute approximate surface area is 101 Å². The standard InChI is InChI=1S/C14H24OSi/c1-5-12-11-14(12,15-16(2,3)4)13-9-7-6-8-10-13/h5,9,12H,1,6-8,10-11H2,2-4H3/t12-,14+/m0/s1. The lowest BCUT2D eigenvalue weighted by atomic mass is 9.93. The molecule has 16 heavy (non-hydrogen) atoms. The van der Waals surface area contributed by atoms with Crippen molar-refractivity contribution in [3.05, 3.63) is 24.3 Å². The van der Waals surface area contributed by atoms with E-state index in [1.54, 1.807) is 5.57 Å². The molecule has 0 unspecified atom stereocenters. The first-order valence-electron chi connectivity index (χ1n) is 6.50. The smallest absolute Gasteiger partial charge is 0.184 e. The second-order valence-electron chi connectivity index (χ2n) is 6.13. The van der Waals surface area contributed by atoms with Crippen LogP contribution >= 0.6 is 0 Å². The molecule has 2 rings (SSSR count). The molecular formula is C14H24OSi. The van der Waals surface area contributed by atoms with Gasteiger partial charge in [-0.05, 0) is 57.3 Å². The van der Waals surface area contributed by atoms with Crippen molar-refractivity contribution < 1.29 is 4.43 Å². The molecule has 1 saturated carbocycles. The molecule has 0 N–H and O–H groups in total. The average molecular weight is 236 g/mol. The van der Waals surface area contributed by atoms with Crippen molar-refractivity contribution in [3.63, 3.8) is 0 Å². The van der Waals surface area contributed by atoms with Crippen LogP contribution in [0.4, 0.5) is 0 Å². The Balaban J connectivity index is 2.17. The van der Waals surface area contributed by atoms with Crippen LogP contribution in [0, 0.1) is 5.92 Å². The van der Waals surface area contributed by atoms with Crippen molar-refractivity contribution in [1.82, 2.24) is 0 Å². The van der Waals surface area contributed by atoms with E-state index in [9.17, 15) is 0 Å². The van der Waals surface area contributed by atoms with Crippen LogP contribution in [-0.2, 0) is 4.43 Å². The van der Waals surface area contributed by atoms with Crippen LogP contribution in [0.2, 0.25) is 19.6 Å². The normalized spacial score (nSPS) is 34.4. The summed E-state index contributed by atoms with van der Waals surface area (Å²) in [6, 6.07) is 0. The van der Waals surface area contributed by atoms with Crippen LogP contribution in [0.5, 0.6) is 0 Å². The molecular weight excluding hydrogens is 212 g/mol. The molecule has 2 atom stereocenters. The first kappa shape index (κ1) is 12.1. The second-order valence-corrected chi connectivity index (χ2v) is 10.6. The maximum atomic E-state index is 6.48. The van der Waals surface area contributed by atoms with Gasteiger partial charge in [-0.1, -0.05) is 12.2 Å². The SMILES string of the molecule is C=C[C@H]1C[C@]1(O[Si](C)(C)C)C1=CCCCC1. The van der Waals surface area contributed by atoms with Crippen molar-refractivity contribution in [3.8, 4) is 0 Å². The maximum Gasteiger partial charge on any atom is 0.184 e. The zero-order valence-corrected chi connectivity index (χ0v) is 11.9. The van der Waals surface area contributed by atoms with Crippen LogP contribution in [0.3, 0.4) is 0 Å². The largest absolute Gasteiger partial charge is 0.408 e. The van der Waals surface area contributed by atoms with Gasteiger partial charge < -0.3 is 4.43 Å². The lowest BCUT2D eigenvalue weighted by Gasteiger charge is -2.31. The maximum absolute atomic E-state index is 6.48. The summed E-state index contributed by atoms with van der Waals surface area (Å²) < 4.78 is 6.48. The molecule has 0 radical (unpaired) electrons. The summed E-state index contributed by atoms with van der Waals surface area (Å²) in [6.45, 7) is 10.8. The van der Waals surface area contributed by atoms with Crippen molar-refractivity contribution in [2.75, 3.05) is 0 Å². The second kappa shape index (κ2) is 4.15.